The highest BCUT2D eigenvalue weighted by atomic mass is 16.4. The third-order valence-corrected chi connectivity index (χ3v) is 2.62. The summed E-state index contributed by atoms with van der Waals surface area (Å²) in [6.07, 6.45) is 3.18. The van der Waals surface area contributed by atoms with E-state index in [0.29, 0.717) is 0 Å². The van der Waals surface area contributed by atoms with Gasteiger partial charge in [-0.25, -0.2) is 0 Å². The Bertz CT molecular complexity index is 407. The number of carboxylic acid groups (broad SMARTS) is 1. The Morgan fingerprint density at radius 3 is 2.56 bits per heavy atom. The van der Waals surface area contributed by atoms with E-state index in [1.807, 2.05) is 20.8 Å². The van der Waals surface area contributed by atoms with E-state index in [1.54, 1.807) is 18.5 Å². The van der Waals surface area contributed by atoms with Crippen molar-refractivity contribution in [3.05, 3.63) is 18.5 Å². The van der Waals surface area contributed by atoms with Crippen LogP contribution in [0.1, 0.15) is 27.2 Å². The number of hydrogen-bond donors (Lipinski definition) is 2. The molecule has 6 heteroatoms. The second kappa shape index (κ2) is 5.66. The van der Waals surface area contributed by atoms with Crippen molar-refractivity contribution in [1.82, 2.24) is 15.1 Å². The number of rotatable bonds is 5. The molecule has 0 aliphatic heterocycles. The molecule has 1 rings (SSSR count). The van der Waals surface area contributed by atoms with Gasteiger partial charge in [0.25, 0.3) is 0 Å². The van der Waals surface area contributed by atoms with Gasteiger partial charge in [0, 0.05) is 18.4 Å². The molecule has 0 aliphatic carbocycles. The van der Waals surface area contributed by atoms with Crippen LogP contribution in [0.2, 0.25) is 0 Å². The molecule has 0 saturated heterocycles. The Balaban J connectivity index is 2.60. The van der Waals surface area contributed by atoms with E-state index in [4.69, 9.17) is 5.11 Å². The number of amides is 1. The van der Waals surface area contributed by atoms with Crippen LogP contribution >= 0.6 is 0 Å². The van der Waals surface area contributed by atoms with Crippen LogP contribution in [0.3, 0.4) is 0 Å². The largest absolute Gasteiger partial charge is 0.481 e. The molecule has 1 amide bonds. The average Bonchev–Trinajstić information content (AvgIpc) is 2.67. The minimum absolute atomic E-state index is 0.0889. The molecule has 0 bridgehead atoms. The molecule has 0 fully saturated rings. The number of aromatic nitrogens is 2. The summed E-state index contributed by atoms with van der Waals surface area (Å²) < 4.78 is 1.50. The van der Waals surface area contributed by atoms with Gasteiger partial charge in [0.2, 0.25) is 5.91 Å². The molecule has 1 unspecified atom stereocenters. The first-order valence-electron chi connectivity index (χ1n) is 5.77. The maximum Gasteiger partial charge on any atom is 0.305 e. The van der Waals surface area contributed by atoms with Crippen molar-refractivity contribution in [2.75, 3.05) is 0 Å². The van der Waals surface area contributed by atoms with Crippen LogP contribution in [0.4, 0.5) is 0 Å². The Kier molecular flexibility index (Phi) is 4.47. The second-order valence-electron chi connectivity index (χ2n) is 5.29. The molecule has 1 heterocycles. The minimum Gasteiger partial charge on any atom is -0.481 e. The number of carboxylic acids is 1. The molecule has 6 nitrogen and oxygen atoms in total. The number of nitrogens with one attached hydrogen (secondary N) is 1. The summed E-state index contributed by atoms with van der Waals surface area (Å²) in [5, 5.41) is 15.5. The minimum atomic E-state index is -0.922. The maximum absolute atomic E-state index is 11.8. The number of carbonyl (C=O) groups is 2. The summed E-state index contributed by atoms with van der Waals surface area (Å²) in [4.78, 5) is 22.6. The van der Waals surface area contributed by atoms with Crippen LogP contribution in [-0.4, -0.2) is 32.8 Å². The highest BCUT2D eigenvalue weighted by molar-refractivity contribution is 5.77. The standard InChI is InChI=1S/C12H19N3O3/c1-12(2,3)9(7-11(17)18)14-10(16)8-15-6-4-5-13-15/h4-6,9H,7-8H2,1-3H3,(H,14,16)(H,17,18). The molecule has 100 valence electrons. The van der Waals surface area contributed by atoms with Crippen LogP contribution in [-0.2, 0) is 16.1 Å². The van der Waals surface area contributed by atoms with Crippen LogP contribution in [0, 0.1) is 5.41 Å². The van der Waals surface area contributed by atoms with Crippen molar-refractivity contribution in [2.24, 2.45) is 5.41 Å². The van der Waals surface area contributed by atoms with Crippen molar-refractivity contribution in [3.8, 4) is 0 Å². The quantitative estimate of drug-likeness (QED) is 0.816. The van der Waals surface area contributed by atoms with Gasteiger partial charge in [-0.3, -0.25) is 14.3 Å². The van der Waals surface area contributed by atoms with Gasteiger partial charge in [0.15, 0.2) is 0 Å². The molecule has 2 N–H and O–H groups in total. The van der Waals surface area contributed by atoms with E-state index < -0.39 is 12.0 Å². The van der Waals surface area contributed by atoms with Gasteiger partial charge in [0.05, 0.1) is 6.42 Å². The average molecular weight is 253 g/mol. The first kappa shape index (κ1) is 14.2. The van der Waals surface area contributed by atoms with Gasteiger partial charge in [-0.1, -0.05) is 20.8 Å². The van der Waals surface area contributed by atoms with Gasteiger partial charge < -0.3 is 10.4 Å². The number of hydrogen-bond acceptors (Lipinski definition) is 3. The van der Waals surface area contributed by atoms with E-state index in [9.17, 15) is 9.59 Å². The fourth-order valence-corrected chi connectivity index (χ4v) is 1.53. The van der Waals surface area contributed by atoms with Crippen LogP contribution < -0.4 is 5.32 Å². The predicted octanol–water partition coefficient (Wildman–Crippen LogP) is 0.889. The molecule has 0 spiro atoms. The zero-order valence-electron chi connectivity index (χ0n) is 10.9. The van der Waals surface area contributed by atoms with Gasteiger partial charge in [-0.05, 0) is 11.5 Å². The molecule has 0 radical (unpaired) electrons. The zero-order valence-corrected chi connectivity index (χ0v) is 10.9. The molecule has 1 atom stereocenters. The monoisotopic (exact) mass is 253 g/mol. The van der Waals surface area contributed by atoms with Crippen LogP contribution in [0.25, 0.3) is 0 Å². The van der Waals surface area contributed by atoms with Gasteiger partial charge in [0.1, 0.15) is 6.54 Å². The lowest BCUT2D eigenvalue weighted by atomic mass is 9.84. The van der Waals surface area contributed by atoms with E-state index in [-0.39, 0.29) is 24.3 Å². The third kappa shape index (κ3) is 4.57. The Morgan fingerprint density at radius 2 is 2.11 bits per heavy atom. The first-order chi connectivity index (χ1) is 8.29. The van der Waals surface area contributed by atoms with E-state index in [0.717, 1.165) is 0 Å². The smallest absolute Gasteiger partial charge is 0.305 e. The fraction of sp³-hybridized carbons (Fsp3) is 0.583. The summed E-state index contributed by atoms with van der Waals surface area (Å²) in [5.74, 6) is -1.16. The van der Waals surface area contributed by atoms with Gasteiger partial charge in [-0.2, -0.15) is 5.10 Å². The Hall–Kier alpha value is -1.85. The Labute approximate surface area is 106 Å². The maximum atomic E-state index is 11.8. The molecular formula is C12H19N3O3. The predicted molar refractivity (Wildman–Crippen MR) is 65.9 cm³/mol. The topological polar surface area (TPSA) is 84.2 Å². The lowest BCUT2D eigenvalue weighted by Crippen LogP contribution is -2.46. The molecule has 0 saturated carbocycles. The summed E-state index contributed by atoms with van der Waals surface area (Å²) in [6, 6.07) is 1.32. The van der Waals surface area contributed by atoms with E-state index in [2.05, 4.69) is 10.4 Å². The highest BCUT2D eigenvalue weighted by Gasteiger charge is 2.28. The second-order valence-corrected chi connectivity index (χ2v) is 5.29. The molecular weight excluding hydrogens is 234 g/mol. The van der Waals surface area contributed by atoms with Crippen molar-refractivity contribution in [2.45, 2.75) is 39.8 Å². The number of carbonyl (C=O) groups excluding carboxylic acids is 1. The van der Waals surface area contributed by atoms with Crippen LogP contribution in [0.15, 0.2) is 18.5 Å². The summed E-state index contributed by atoms with van der Waals surface area (Å²) in [7, 11) is 0. The summed E-state index contributed by atoms with van der Waals surface area (Å²) in [6.45, 7) is 5.79. The van der Waals surface area contributed by atoms with E-state index in [1.165, 1.54) is 4.68 Å². The number of nitrogens with zero attached hydrogens (tertiary/aromatic N) is 2. The molecule has 1 aromatic rings. The van der Waals surface area contributed by atoms with Crippen LogP contribution in [0.5, 0.6) is 0 Å². The van der Waals surface area contributed by atoms with Crippen molar-refractivity contribution < 1.29 is 14.7 Å². The fourth-order valence-electron chi connectivity index (χ4n) is 1.53. The lowest BCUT2D eigenvalue weighted by Gasteiger charge is -2.30. The molecule has 0 aliphatic rings. The van der Waals surface area contributed by atoms with Crippen molar-refractivity contribution >= 4 is 11.9 Å². The molecule has 0 aromatic carbocycles. The zero-order chi connectivity index (χ0) is 13.8. The van der Waals surface area contributed by atoms with Gasteiger partial charge >= 0.3 is 5.97 Å². The van der Waals surface area contributed by atoms with Crippen molar-refractivity contribution in [1.29, 1.82) is 0 Å². The summed E-state index contributed by atoms with van der Waals surface area (Å²) in [5.41, 5.74) is -0.307. The summed E-state index contributed by atoms with van der Waals surface area (Å²) >= 11 is 0. The highest BCUT2D eigenvalue weighted by Crippen LogP contribution is 2.21. The SMILES string of the molecule is CC(C)(C)C(CC(=O)O)NC(=O)Cn1cccn1. The van der Waals surface area contributed by atoms with Crippen molar-refractivity contribution in [3.63, 3.8) is 0 Å². The van der Waals surface area contributed by atoms with Gasteiger partial charge in [-0.15, -0.1) is 0 Å². The molecule has 1 aromatic heterocycles. The normalized spacial score (nSPS) is 13.1. The third-order valence-electron chi connectivity index (χ3n) is 2.62. The Morgan fingerprint density at radius 1 is 1.44 bits per heavy atom. The lowest BCUT2D eigenvalue weighted by molar-refractivity contribution is -0.138. The van der Waals surface area contributed by atoms with E-state index >= 15 is 0 Å². The molecule has 18 heavy (non-hydrogen) atoms. The first-order valence-corrected chi connectivity index (χ1v) is 5.77. The number of aliphatic carboxylic acids is 1.